The average Bonchev–Trinajstić information content (AvgIpc) is 1.72. The van der Waals surface area contributed by atoms with E-state index in [1.165, 1.54) is 0 Å². The quantitative estimate of drug-likeness (QED) is 0.465. The summed E-state index contributed by atoms with van der Waals surface area (Å²) in [6.07, 6.45) is 0.863. The van der Waals surface area contributed by atoms with Gasteiger partial charge < -0.3 is 0 Å². The molecule has 0 aliphatic rings. The van der Waals surface area contributed by atoms with Gasteiger partial charge in [-0.15, -0.1) is 9.24 Å². The summed E-state index contributed by atoms with van der Waals surface area (Å²) in [5, 5.41) is 9.02. The molecule has 0 aliphatic carbocycles. The lowest BCUT2D eigenvalue weighted by Gasteiger charge is -1.94. The zero-order valence-electron chi connectivity index (χ0n) is 3.89. The van der Waals surface area contributed by atoms with Crippen molar-refractivity contribution in [2.75, 3.05) is 11.5 Å². The third kappa shape index (κ3) is 3.02. The molecule has 7 heavy (non-hydrogen) atoms. The standard InChI is InChI=1S/C4H7BrNP/c5-1-4(2-6)3-7/h4H,1,3,7H2. The van der Waals surface area contributed by atoms with Gasteiger partial charge in [-0.25, -0.2) is 0 Å². The van der Waals surface area contributed by atoms with Gasteiger partial charge in [0.25, 0.3) is 0 Å². The molecule has 0 saturated heterocycles. The van der Waals surface area contributed by atoms with Crippen LogP contribution in [0.1, 0.15) is 0 Å². The summed E-state index contributed by atoms with van der Waals surface area (Å²) in [4.78, 5) is 0. The van der Waals surface area contributed by atoms with E-state index < -0.39 is 0 Å². The summed E-state index contributed by atoms with van der Waals surface area (Å²) >= 11 is 3.20. The zero-order valence-corrected chi connectivity index (χ0v) is 6.63. The molecule has 40 valence electrons. The lowest BCUT2D eigenvalue weighted by Crippen LogP contribution is -1.97. The Balaban J connectivity index is 3.23. The second-order valence-corrected chi connectivity index (χ2v) is 2.33. The SMILES string of the molecule is N#CC(CP)CBr. The zero-order chi connectivity index (χ0) is 5.70. The van der Waals surface area contributed by atoms with Crippen LogP contribution in [0.25, 0.3) is 0 Å². The Hall–Kier alpha value is 0.400. The van der Waals surface area contributed by atoms with Crippen LogP contribution in [-0.2, 0) is 0 Å². The number of rotatable bonds is 2. The van der Waals surface area contributed by atoms with E-state index in [4.69, 9.17) is 5.26 Å². The topological polar surface area (TPSA) is 23.8 Å². The Morgan fingerprint density at radius 1 is 1.86 bits per heavy atom. The van der Waals surface area contributed by atoms with Crippen LogP contribution in [-0.4, -0.2) is 11.5 Å². The number of hydrogen-bond donors (Lipinski definition) is 0. The number of nitrogens with zero attached hydrogens (tertiary/aromatic N) is 1. The average molecular weight is 180 g/mol. The summed E-state index contributed by atoms with van der Waals surface area (Å²) < 4.78 is 0. The molecule has 2 atom stereocenters. The van der Waals surface area contributed by atoms with Crippen molar-refractivity contribution < 1.29 is 0 Å². The van der Waals surface area contributed by atoms with Gasteiger partial charge in [-0.3, -0.25) is 0 Å². The van der Waals surface area contributed by atoms with Crippen molar-refractivity contribution in [1.29, 1.82) is 5.26 Å². The number of nitriles is 1. The maximum atomic E-state index is 8.23. The molecule has 3 heteroatoms. The molecule has 0 radical (unpaired) electrons. The van der Waals surface area contributed by atoms with Crippen LogP contribution >= 0.6 is 25.2 Å². The van der Waals surface area contributed by atoms with Gasteiger partial charge in [-0.2, -0.15) is 5.26 Å². The molecule has 0 aromatic heterocycles. The minimum absolute atomic E-state index is 0.171. The van der Waals surface area contributed by atoms with Gasteiger partial charge in [0.1, 0.15) is 0 Å². The van der Waals surface area contributed by atoms with Crippen LogP contribution in [0.4, 0.5) is 0 Å². The van der Waals surface area contributed by atoms with Gasteiger partial charge in [0, 0.05) is 5.33 Å². The molecule has 0 aliphatic heterocycles. The molecule has 0 spiro atoms. The minimum atomic E-state index is 0.171. The lowest BCUT2D eigenvalue weighted by molar-refractivity contribution is 0.888. The van der Waals surface area contributed by atoms with Gasteiger partial charge >= 0.3 is 0 Å². The fraction of sp³-hybridized carbons (Fsp3) is 0.750. The summed E-state index contributed by atoms with van der Waals surface area (Å²) in [6.45, 7) is 0. The molecule has 0 N–H and O–H groups in total. The maximum absolute atomic E-state index is 8.23. The van der Waals surface area contributed by atoms with E-state index in [-0.39, 0.29) is 5.92 Å². The van der Waals surface area contributed by atoms with Crippen LogP contribution in [0, 0.1) is 17.2 Å². The maximum Gasteiger partial charge on any atom is 0.0668 e. The van der Waals surface area contributed by atoms with Crippen molar-refractivity contribution in [2.24, 2.45) is 5.92 Å². The molecule has 0 amide bonds. The van der Waals surface area contributed by atoms with E-state index in [0.717, 1.165) is 11.5 Å². The smallest absolute Gasteiger partial charge is 0.0668 e. The molecule has 0 heterocycles. The molecular weight excluding hydrogens is 173 g/mol. The monoisotopic (exact) mass is 179 g/mol. The molecule has 0 rings (SSSR count). The van der Waals surface area contributed by atoms with Crippen molar-refractivity contribution in [3.05, 3.63) is 0 Å². The molecule has 0 fully saturated rings. The lowest BCUT2D eigenvalue weighted by atomic mass is 10.3. The highest BCUT2D eigenvalue weighted by Crippen LogP contribution is 2.02. The van der Waals surface area contributed by atoms with Crippen molar-refractivity contribution >= 4 is 25.2 Å². The first-order valence-corrected chi connectivity index (χ1v) is 3.94. The molecule has 2 unspecified atom stereocenters. The van der Waals surface area contributed by atoms with Crippen molar-refractivity contribution in [2.45, 2.75) is 0 Å². The van der Waals surface area contributed by atoms with Gasteiger partial charge in [-0.1, -0.05) is 15.9 Å². The molecule has 0 aromatic rings. The Morgan fingerprint density at radius 3 is 2.43 bits per heavy atom. The van der Waals surface area contributed by atoms with E-state index in [9.17, 15) is 0 Å². The molecule has 1 nitrogen and oxygen atoms in total. The molecule has 0 aromatic carbocycles. The summed E-state index contributed by atoms with van der Waals surface area (Å²) in [6, 6.07) is 2.13. The van der Waals surface area contributed by atoms with E-state index in [0.29, 0.717) is 0 Å². The highest BCUT2D eigenvalue weighted by atomic mass is 79.9. The third-order valence-electron chi connectivity index (χ3n) is 0.653. The van der Waals surface area contributed by atoms with E-state index in [1.807, 2.05) is 0 Å². The summed E-state index contributed by atoms with van der Waals surface area (Å²) in [5.74, 6) is 0.171. The highest BCUT2D eigenvalue weighted by molar-refractivity contribution is 9.09. The van der Waals surface area contributed by atoms with E-state index >= 15 is 0 Å². The van der Waals surface area contributed by atoms with Crippen LogP contribution in [0.5, 0.6) is 0 Å². The Kier molecular flexibility index (Phi) is 4.82. The second-order valence-electron chi connectivity index (χ2n) is 1.22. The first-order valence-electron chi connectivity index (χ1n) is 2.00. The minimum Gasteiger partial charge on any atom is -0.198 e. The van der Waals surface area contributed by atoms with Crippen LogP contribution in [0.2, 0.25) is 0 Å². The first kappa shape index (κ1) is 7.40. The Morgan fingerprint density at radius 2 is 2.43 bits per heavy atom. The van der Waals surface area contributed by atoms with Crippen LogP contribution in [0.15, 0.2) is 0 Å². The fourth-order valence-electron chi connectivity index (χ4n) is 0.150. The fourth-order valence-corrected chi connectivity index (χ4v) is 1.32. The summed E-state index contributed by atoms with van der Waals surface area (Å²) in [7, 11) is 2.53. The number of halogens is 1. The molecule has 0 bridgehead atoms. The first-order chi connectivity index (χ1) is 3.35. The van der Waals surface area contributed by atoms with Crippen molar-refractivity contribution in [1.82, 2.24) is 0 Å². The number of hydrogen-bond acceptors (Lipinski definition) is 1. The summed E-state index contributed by atoms with van der Waals surface area (Å²) in [5.41, 5.74) is 0. The van der Waals surface area contributed by atoms with Crippen LogP contribution in [0.3, 0.4) is 0 Å². The number of alkyl halides is 1. The predicted molar refractivity (Wildman–Crippen MR) is 37.5 cm³/mol. The Bertz CT molecular complexity index is 74.2. The van der Waals surface area contributed by atoms with Gasteiger partial charge in [0.15, 0.2) is 0 Å². The van der Waals surface area contributed by atoms with Crippen molar-refractivity contribution in [3.63, 3.8) is 0 Å². The third-order valence-corrected chi connectivity index (χ3v) is 2.00. The van der Waals surface area contributed by atoms with Crippen molar-refractivity contribution in [3.8, 4) is 6.07 Å². The van der Waals surface area contributed by atoms with E-state index in [1.54, 1.807) is 0 Å². The van der Waals surface area contributed by atoms with Crippen LogP contribution < -0.4 is 0 Å². The predicted octanol–water partition coefficient (Wildman–Crippen LogP) is 1.40. The van der Waals surface area contributed by atoms with E-state index in [2.05, 4.69) is 31.2 Å². The van der Waals surface area contributed by atoms with Gasteiger partial charge in [-0.05, 0) is 6.16 Å². The highest BCUT2D eigenvalue weighted by Gasteiger charge is 1.97. The van der Waals surface area contributed by atoms with Gasteiger partial charge in [0.2, 0.25) is 0 Å². The second kappa shape index (κ2) is 4.56. The normalized spacial score (nSPS) is 12.7. The Labute approximate surface area is 54.4 Å². The molecular formula is C4H7BrNP. The van der Waals surface area contributed by atoms with Gasteiger partial charge in [0.05, 0.1) is 12.0 Å². The molecule has 0 saturated carbocycles. The largest absolute Gasteiger partial charge is 0.198 e.